The minimum Gasteiger partial charge on any atom is -0.294 e. The van der Waals surface area contributed by atoms with E-state index in [4.69, 9.17) is 0 Å². The summed E-state index contributed by atoms with van der Waals surface area (Å²) in [6.45, 7) is 2.01. The van der Waals surface area contributed by atoms with Crippen molar-refractivity contribution in [2.45, 2.75) is 38.5 Å². The standard InChI is InChI=1S/C19H19BrO/c1-13-11-16(20)9-10-17(13)19(21)12-15-7-4-6-14-5-2-3-8-18(14)15/h2-3,5,8-11,15H,4,6-7,12H2,1H3. The summed E-state index contributed by atoms with van der Waals surface area (Å²) in [6, 6.07) is 14.5. The van der Waals surface area contributed by atoms with Crippen molar-refractivity contribution in [3.63, 3.8) is 0 Å². The molecule has 0 aliphatic heterocycles. The van der Waals surface area contributed by atoms with Gasteiger partial charge in [-0.05, 0) is 60.9 Å². The Labute approximate surface area is 134 Å². The van der Waals surface area contributed by atoms with E-state index in [0.29, 0.717) is 12.3 Å². The van der Waals surface area contributed by atoms with Crippen LogP contribution in [0.25, 0.3) is 0 Å². The van der Waals surface area contributed by atoms with Gasteiger partial charge in [-0.2, -0.15) is 0 Å². The maximum Gasteiger partial charge on any atom is 0.163 e. The molecule has 2 heteroatoms. The van der Waals surface area contributed by atoms with Crippen LogP contribution >= 0.6 is 15.9 Å². The van der Waals surface area contributed by atoms with Crippen LogP contribution < -0.4 is 0 Å². The third kappa shape index (κ3) is 3.11. The van der Waals surface area contributed by atoms with E-state index in [-0.39, 0.29) is 5.78 Å². The van der Waals surface area contributed by atoms with E-state index in [1.54, 1.807) is 0 Å². The Balaban J connectivity index is 1.83. The molecule has 0 fully saturated rings. The lowest BCUT2D eigenvalue weighted by molar-refractivity contribution is 0.0970. The van der Waals surface area contributed by atoms with Gasteiger partial charge in [-0.25, -0.2) is 0 Å². The Kier molecular flexibility index (Phi) is 4.25. The van der Waals surface area contributed by atoms with Crippen molar-refractivity contribution < 1.29 is 4.79 Å². The Morgan fingerprint density at radius 2 is 2.05 bits per heavy atom. The average molecular weight is 343 g/mol. The van der Waals surface area contributed by atoms with E-state index in [9.17, 15) is 4.79 Å². The summed E-state index contributed by atoms with van der Waals surface area (Å²) in [5, 5.41) is 0. The number of hydrogen-bond acceptors (Lipinski definition) is 1. The van der Waals surface area contributed by atoms with Gasteiger partial charge in [0.1, 0.15) is 0 Å². The molecule has 0 heterocycles. The highest BCUT2D eigenvalue weighted by Crippen LogP contribution is 2.35. The second kappa shape index (κ2) is 6.15. The van der Waals surface area contributed by atoms with Crippen LogP contribution in [0.3, 0.4) is 0 Å². The lowest BCUT2D eigenvalue weighted by Crippen LogP contribution is -2.14. The van der Waals surface area contributed by atoms with Gasteiger partial charge in [0.05, 0.1) is 0 Å². The molecule has 0 N–H and O–H groups in total. The highest BCUT2D eigenvalue weighted by molar-refractivity contribution is 9.10. The fourth-order valence-corrected chi connectivity index (χ4v) is 3.82. The van der Waals surface area contributed by atoms with Crippen LogP contribution in [0.1, 0.15) is 52.2 Å². The molecule has 1 nitrogen and oxygen atoms in total. The lowest BCUT2D eigenvalue weighted by Gasteiger charge is -2.25. The molecule has 1 unspecified atom stereocenters. The molecule has 21 heavy (non-hydrogen) atoms. The van der Waals surface area contributed by atoms with Crippen molar-refractivity contribution >= 4 is 21.7 Å². The molecular weight excluding hydrogens is 324 g/mol. The topological polar surface area (TPSA) is 17.1 Å². The Morgan fingerprint density at radius 1 is 1.24 bits per heavy atom. The van der Waals surface area contributed by atoms with Gasteiger partial charge in [-0.1, -0.05) is 46.3 Å². The number of rotatable bonds is 3. The average Bonchev–Trinajstić information content (AvgIpc) is 2.47. The molecule has 2 aromatic carbocycles. The third-order valence-corrected chi connectivity index (χ3v) is 4.91. The number of carbonyl (C=O) groups excluding carboxylic acids is 1. The normalized spacial score (nSPS) is 17.3. The number of Topliss-reactive ketones (excluding diaryl/α,β-unsaturated/α-hetero) is 1. The molecule has 0 saturated heterocycles. The summed E-state index contributed by atoms with van der Waals surface area (Å²) in [5.74, 6) is 0.646. The van der Waals surface area contributed by atoms with E-state index in [2.05, 4.69) is 40.2 Å². The summed E-state index contributed by atoms with van der Waals surface area (Å²) in [5.41, 5.74) is 4.72. The van der Waals surface area contributed by atoms with Gasteiger partial charge in [-0.3, -0.25) is 4.79 Å². The van der Waals surface area contributed by atoms with E-state index in [0.717, 1.165) is 28.4 Å². The van der Waals surface area contributed by atoms with Crippen molar-refractivity contribution in [1.82, 2.24) is 0 Å². The zero-order valence-corrected chi connectivity index (χ0v) is 13.8. The fourth-order valence-electron chi connectivity index (χ4n) is 3.34. The van der Waals surface area contributed by atoms with Crippen LogP contribution in [0.4, 0.5) is 0 Å². The SMILES string of the molecule is Cc1cc(Br)ccc1C(=O)CC1CCCc2ccccc21. The van der Waals surface area contributed by atoms with Crippen LogP contribution in [0.2, 0.25) is 0 Å². The first-order valence-corrected chi connectivity index (χ1v) is 8.31. The van der Waals surface area contributed by atoms with Crippen molar-refractivity contribution in [3.05, 3.63) is 69.2 Å². The highest BCUT2D eigenvalue weighted by Gasteiger charge is 2.23. The number of hydrogen-bond donors (Lipinski definition) is 0. The highest BCUT2D eigenvalue weighted by atomic mass is 79.9. The third-order valence-electron chi connectivity index (χ3n) is 4.41. The maximum atomic E-state index is 12.6. The summed E-state index contributed by atoms with van der Waals surface area (Å²) in [4.78, 5) is 12.6. The number of aryl methyl sites for hydroxylation is 2. The zero-order chi connectivity index (χ0) is 14.8. The van der Waals surface area contributed by atoms with E-state index in [1.807, 2.05) is 25.1 Å². The minimum atomic E-state index is 0.265. The fraction of sp³-hybridized carbons (Fsp3) is 0.316. The zero-order valence-electron chi connectivity index (χ0n) is 12.2. The quantitative estimate of drug-likeness (QED) is 0.677. The van der Waals surface area contributed by atoms with Crippen molar-refractivity contribution in [2.24, 2.45) is 0 Å². The molecule has 0 aromatic heterocycles. The molecule has 2 aromatic rings. The predicted octanol–water partition coefficient (Wildman–Crippen LogP) is 5.45. The van der Waals surface area contributed by atoms with Crippen LogP contribution in [-0.4, -0.2) is 5.78 Å². The smallest absolute Gasteiger partial charge is 0.163 e. The van der Waals surface area contributed by atoms with E-state index in [1.165, 1.54) is 17.5 Å². The summed E-state index contributed by atoms with van der Waals surface area (Å²) in [7, 11) is 0. The van der Waals surface area contributed by atoms with Crippen LogP contribution in [-0.2, 0) is 6.42 Å². The molecule has 0 amide bonds. The Hall–Kier alpha value is -1.41. The van der Waals surface area contributed by atoms with Crippen LogP contribution in [0.5, 0.6) is 0 Å². The molecule has 0 saturated carbocycles. The van der Waals surface area contributed by atoms with E-state index >= 15 is 0 Å². The molecule has 3 rings (SSSR count). The van der Waals surface area contributed by atoms with Gasteiger partial charge in [0.15, 0.2) is 5.78 Å². The number of carbonyl (C=O) groups is 1. The Morgan fingerprint density at radius 3 is 2.86 bits per heavy atom. The van der Waals surface area contributed by atoms with Crippen LogP contribution in [0.15, 0.2) is 46.9 Å². The van der Waals surface area contributed by atoms with Gasteiger partial charge in [-0.15, -0.1) is 0 Å². The molecule has 0 spiro atoms. The summed E-state index contributed by atoms with van der Waals surface area (Å²) >= 11 is 3.45. The molecule has 1 atom stereocenters. The molecule has 1 aliphatic rings. The number of ketones is 1. The first-order chi connectivity index (χ1) is 10.1. The molecule has 1 aliphatic carbocycles. The molecular formula is C19H19BrO. The first kappa shape index (κ1) is 14.5. The molecule has 0 bridgehead atoms. The van der Waals surface area contributed by atoms with Crippen molar-refractivity contribution in [3.8, 4) is 0 Å². The second-order valence-electron chi connectivity index (χ2n) is 5.87. The maximum absolute atomic E-state index is 12.6. The van der Waals surface area contributed by atoms with E-state index < -0.39 is 0 Å². The number of benzene rings is 2. The van der Waals surface area contributed by atoms with Crippen molar-refractivity contribution in [2.75, 3.05) is 0 Å². The predicted molar refractivity (Wildman–Crippen MR) is 89.9 cm³/mol. The molecule has 0 radical (unpaired) electrons. The summed E-state index contributed by atoms with van der Waals surface area (Å²) < 4.78 is 1.03. The van der Waals surface area contributed by atoms with Gasteiger partial charge in [0.25, 0.3) is 0 Å². The van der Waals surface area contributed by atoms with Gasteiger partial charge < -0.3 is 0 Å². The van der Waals surface area contributed by atoms with Crippen molar-refractivity contribution in [1.29, 1.82) is 0 Å². The van der Waals surface area contributed by atoms with Gasteiger partial charge in [0.2, 0.25) is 0 Å². The largest absolute Gasteiger partial charge is 0.294 e. The van der Waals surface area contributed by atoms with Crippen LogP contribution in [0, 0.1) is 6.92 Å². The lowest BCUT2D eigenvalue weighted by atomic mass is 9.79. The van der Waals surface area contributed by atoms with Gasteiger partial charge in [0, 0.05) is 16.5 Å². The summed E-state index contributed by atoms with van der Waals surface area (Å²) in [6.07, 6.45) is 4.09. The second-order valence-corrected chi connectivity index (χ2v) is 6.79. The first-order valence-electron chi connectivity index (χ1n) is 7.52. The van der Waals surface area contributed by atoms with Gasteiger partial charge >= 0.3 is 0 Å². The molecule has 108 valence electrons. The number of fused-ring (bicyclic) bond motifs is 1. The minimum absolute atomic E-state index is 0.265. The monoisotopic (exact) mass is 342 g/mol. The Bertz CT molecular complexity index is 675. The number of halogens is 1.